The van der Waals surface area contributed by atoms with Crippen LogP contribution >= 0.6 is 0 Å². The van der Waals surface area contributed by atoms with Gasteiger partial charge in [-0.3, -0.25) is 0 Å². The smallest absolute Gasteiger partial charge is 0.242 e. The molecule has 1 aromatic heterocycles. The van der Waals surface area contributed by atoms with E-state index in [1.165, 1.54) is 18.4 Å². The van der Waals surface area contributed by atoms with Gasteiger partial charge in [0.05, 0.1) is 11.1 Å². The van der Waals surface area contributed by atoms with Gasteiger partial charge in [-0.05, 0) is 38.1 Å². The first-order chi connectivity index (χ1) is 9.80. The summed E-state index contributed by atoms with van der Waals surface area (Å²) in [6.45, 7) is 3.76. The van der Waals surface area contributed by atoms with Gasteiger partial charge in [0.25, 0.3) is 0 Å². The topological polar surface area (TPSA) is 75.4 Å². The van der Waals surface area contributed by atoms with E-state index in [2.05, 4.69) is 10.3 Å². The van der Waals surface area contributed by atoms with E-state index in [0.29, 0.717) is 5.89 Å². The minimum atomic E-state index is -3.40. The maximum atomic E-state index is 12.0. The largest absolute Gasteiger partial charge is 0.444 e. The summed E-state index contributed by atoms with van der Waals surface area (Å²) >= 11 is 0. The molecule has 6 nitrogen and oxygen atoms in total. The van der Waals surface area contributed by atoms with Crippen LogP contribution < -0.4 is 5.32 Å². The second kappa shape index (κ2) is 5.87. The molecular weight excluding hydrogens is 290 g/mol. The van der Waals surface area contributed by atoms with Gasteiger partial charge in [0.15, 0.2) is 0 Å². The molecule has 1 heterocycles. The predicted molar refractivity (Wildman–Crippen MR) is 80.6 cm³/mol. The Bertz CT molecular complexity index is 705. The summed E-state index contributed by atoms with van der Waals surface area (Å²) in [4.78, 5) is 4.42. The van der Waals surface area contributed by atoms with Crippen molar-refractivity contribution in [1.82, 2.24) is 9.29 Å². The lowest BCUT2D eigenvalue weighted by atomic mass is 10.2. The fourth-order valence-electron chi connectivity index (χ4n) is 1.82. The van der Waals surface area contributed by atoms with E-state index >= 15 is 0 Å². The molecule has 0 aliphatic heterocycles. The number of aryl methyl sites for hydroxylation is 1. The van der Waals surface area contributed by atoms with Crippen LogP contribution in [-0.2, 0) is 10.0 Å². The number of nitrogens with one attached hydrogen (secondary N) is 1. The van der Waals surface area contributed by atoms with Crippen LogP contribution in [0.4, 0.5) is 5.69 Å². The normalized spacial score (nSPS) is 13.4. The lowest BCUT2D eigenvalue weighted by Crippen LogP contribution is -2.22. The quantitative estimate of drug-likeness (QED) is 0.918. The van der Waals surface area contributed by atoms with Crippen LogP contribution in [0.1, 0.15) is 24.6 Å². The fourth-order valence-corrected chi connectivity index (χ4v) is 2.72. The molecule has 0 aliphatic rings. The van der Waals surface area contributed by atoms with Crippen molar-refractivity contribution >= 4 is 15.7 Å². The molecule has 0 spiro atoms. The van der Waals surface area contributed by atoms with Gasteiger partial charge in [0.1, 0.15) is 11.8 Å². The molecule has 1 atom stereocenters. The molecule has 0 fully saturated rings. The van der Waals surface area contributed by atoms with E-state index in [4.69, 9.17) is 4.42 Å². The molecule has 1 N–H and O–H groups in total. The lowest BCUT2D eigenvalue weighted by Gasteiger charge is -2.14. The summed E-state index contributed by atoms with van der Waals surface area (Å²) in [5.41, 5.74) is 0.802. The summed E-state index contributed by atoms with van der Waals surface area (Å²) in [5, 5.41) is 3.21. The van der Waals surface area contributed by atoms with Crippen LogP contribution in [0.2, 0.25) is 0 Å². The minimum Gasteiger partial charge on any atom is -0.444 e. The molecule has 1 aromatic carbocycles. The molecule has 114 valence electrons. The van der Waals surface area contributed by atoms with Crippen LogP contribution in [-0.4, -0.2) is 31.8 Å². The Morgan fingerprint density at radius 2 is 1.86 bits per heavy atom. The van der Waals surface area contributed by atoms with E-state index in [1.807, 2.05) is 13.8 Å². The molecular formula is C14H19N3O3S. The average Bonchev–Trinajstić information content (AvgIpc) is 2.86. The number of hydrogen-bond donors (Lipinski definition) is 1. The summed E-state index contributed by atoms with van der Waals surface area (Å²) < 4.78 is 30.6. The molecule has 1 unspecified atom stereocenters. The molecule has 0 saturated carbocycles. The molecule has 0 saturated heterocycles. The third-order valence-corrected chi connectivity index (χ3v) is 4.85. The maximum Gasteiger partial charge on any atom is 0.242 e. The van der Waals surface area contributed by atoms with Crippen molar-refractivity contribution in [1.29, 1.82) is 0 Å². The first-order valence-electron chi connectivity index (χ1n) is 6.52. The highest BCUT2D eigenvalue weighted by Gasteiger charge is 2.17. The number of rotatable bonds is 5. The maximum absolute atomic E-state index is 12.0. The van der Waals surface area contributed by atoms with Crippen molar-refractivity contribution in [2.24, 2.45) is 0 Å². The zero-order valence-corrected chi connectivity index (χ0v) is 13.3. The summed E-state index contributed by atoms with van der Waals surface area (Å²) in [7, 11) is -0.379. The predicted octanol–water partition coefficient (Wildman–Crippen LogP) is 2.41. The molecule has 2 aromatic rings. The van der Waals surface area contributed by atoms with Crippen LogP contribution in [0.3, 0.4) is 0 Å². The van der Waals surface area contributed by atoms with Crippen molar-refractivity contribution in [3.63, 3.8) is 0 Å². The molecule has 0 amide bonds. The fraction of sp³-hybridized carbons (Fsp3) is 0.357. The van der Waals surface area contributed by atoms with Crippen molar-refractivity contribution in [3.05, 3.63) is 42.1 Å². The number of aromatic nitrogens is 1. The molecule has 0 aliphatic carbocycles. The van der Waals surface area contributed by atoms with Gasteiger partial charge in [-0.25, -0.2) is 17.7 Å². The zero-order valence-electron chi connectivity index (χ0n) is 12.5. The van der Waals surface area contributed by atoms with Gasteiger partial charge in [-0.2, -0.15) is 0 Å². The van der Waals surface area contributed by atoms with Gasteiger partial charge in [-0.15, -0.1) is 0 Å². The Hall–Kier alpha value is -1.86. The van der Waals surface area contributed by atoms with Crippen molar-refractivity contribution in [2.75, 3.05) is 19.4 Å². The Morgan fingerprint density at radius 3 is 2.33 bits per heavy atom. The van der Waals surface area contributed by atoms with Crippen LogP contribution in [0, 0.1) is 6.92 Å². The Balaban J connectivity index is 2.13. The first-order valence-corrected chi connectivity index (χ1v) is 7.96. The van der Waals surface area contributed by atoms with Crippen LogP contribution in [0.15, 0.2) is 39.8 Å². The lowest BCUT2D eigenvalue weighted by molar-refractivity contribution is 0.453. The van der Waals surface area contributed by atoms with E-state index < -0.39 is 10.0 Å². The summed E-state index contributed by atoms with van der Waals surface area (Å²) in [6.07, 6.45) is 1.67. The first kappa shape index (κ1) is 15.5. The van der Waals surface area contributed by atoms with Crippen molar-refractivity contribution in [2.45, 2.75) is 24.8 Å². The minimum absolute atomic E-state index is 0.102. The SMILES string of the molecule is Cc1cnc(C(C)Nc2ccc(S(=O)(=O)N(C)C)cc2)o1. The highest BCUT2D eigenvalue weighted by molar-refractivity contribution is 7.89. The van der Waals surface area contributed by atoms with Gasteiger partial charge >= 0.3 is 0 Å². The van der Waals surface area contributed by atoms with Gasteiger partial charge in [0, 0.05) is 19.8 Å². The molecule has 2 rings (SSSR count). The number of sulfonamides is 1. The zero-order chi connectivity index (χ0) is 15.6. The van der Waals surface area contributed by atoms with E-state index in [0.717, 1.165) is 11.4 Å². The highest BCUT2D eigenvalue weighted by Crippen LogP contribution is 2.21. The Labute approximate surface area is 124 Å². The summed E-state index contributed by atoms with van der Waals surface area (Å²) in [6, 6.07) is 6.50. The third-order valence-electron chi connectivity index (χ3n) is 3.03. The monoisotopic (exact) mass is 309 g/mol. The number of oxazole rings is 1. The van der Waals surface area contributed by atoms with Gasteiger partial charge < -0.3 is 9.73 Å². The molecule has 7 heteroatoms. The number of benzene rings is 1. The van der Waals surface area contributed by atoms with E-state index in [-0.39, 0.29) is 10.9 Å². The second-order valence-electron chi connectivity index (χ2n) is 4.99. The standard InChI is InChI=1S/C14H19N3O3S/c1-10-9-15-14(20-10)11(2)16-12-5-7-13(8-6-12)21(18,19)17(3)4/h5-9,11,16H,1-4H3. The Kier molecular flexibility index (Phi) is 4.34. The molecule has 0 radical (unpaired) electrons. The van der Waals surface area contributed by atoms with E-state index in [9.17, 15) is 8.42 Å². The van der Waals surface area contributed by atoms with Crippen LogP contribution in [0.5, 0.6) is 0 Å². The van der Waals surface area contributed by atoms with E-state index in [1.54, 1.807) is 30.5 Å². The summed E-state index contributed by atoms with van der Waals surface area (Å²) in [5.74, 6) is 1.35. The molecule has 0 bridgehead atoms. The van der Waals surface area contributed by atoms with Gasteiger partial charge in [0.2, 0.25) is 15.9 Å². The second-order valence-corrected chi connectivity index (χ2v) is 7.14. The van der Waals surface area contributed by atoms with Crippen LogP contribution in [0.25, 0.3) is 0 Å². The third kappa shape index (κ3) is 3.43. The average molecular weight is 309 g/mol. The number of nitrogens with zero attached hydrogens (tertiary/aromatic N) is 2. The highest BCUT2D eigenvalue weighted by atomic mass is 32.2. The Morgan fingerprint density at radius 1 is 1.24 bits per heavy atom. The molecule has 21 heavy (non-hydrogen) atoms. The van der Waals surface area contributed by atoms with Gasteiger partial charge in [-0.1, -0.05) is 0 Å². The van der Waals surface area contributed by atoms with Crippen molar-refractivity contribution < 1.29 is 12.8 Å². The number of hydrogen-bond acceptors (Lipinski definition) is 5. The number of anilines is 1. The van der Waals surface area contributed by atoms with Crippen molar-refractivity contribution in [3.8, 4) is 0 Å².